The molecule has 1 atom stereocenters. The van der Waals surface area contributed by atoms with E-state index in [4.69, 9.17) is 11.6 Å². The number of nitrogens with one attached hydrogen (secondary N) is 1. The van der Waals surface area contributed by atoms with E-state index in [1.54, 1.807) is 48.9 Å². The van der Waals surface area contributed by atoms with Crippen LogP contribution in [0.4, 0.5) is 0 Å². The van der Waals surface area contributed by atoms with Crippen molar-refractivity contribution in [3.05, 3.63) is 94.0 Å². The molecule has 3 aromatic rings. The molecular formula is C23H20ClN3O3. The Morgan fingerprint density at radius 2 is 1.83 bits per heavy atom. The maximum Gasteiger partial charge on any atom is 0.295 e. The van der Waals surface area contributed by atoms with Crippen molar-refractivity contribution in [1.82, 2.24) is 14.9 Å². The number of likely N-dealkylation sites (tertiary alicyclic amines) is 1. The van der Waals surface area contributed by atoms with Crippen molar-refractivity contribution in [3.8, 4) is 0 Å². The third-order valence-corrected chi connectivity index (χ3v) is 5.48. The molecule has 1 aromatic heterocycles. The molecule has 2 N–H and O–H groups in total. The third-order valence-electron chi connectivity index (χ3n) is 5.23. The first kappa shape index (κ1) is 19.9. The van der Waals surface area contributed by atoms with Gasteiger partial charge in [0.15, 0.2) is 0 Å². The molecule has 0 radical (unpaired) electrons. The number of rotatable bonds is 5. The number of carbonyl (C=O) groups is 2. The van der Waals surface area contributed by atoms with E-state index in [1.807, 2.05) is 19.1 Å². The van der Waals surface area contributed by atoms with Gasteiger partial charge in [-0.15, -0.1) is 0 Å². The number of amides is 1. The molecule has 30 heavy (non-hydrogen) atoms. The van der Waals surface area contributed by atoms with Gasteiger partial charge in [-0.3, -0.25) is 9.59 Å². The minimum Gasteiger partial charge on any atom is -0.507 e. The number of aliphatic hydroxyl groups is 1. The molecule has 152 valence electrons. The van der Waals surface area contributed by atoms with Crippen LogP contribution in [0.3, 0.4) is 0 Å². The number of Topliss-reactive ketones (excluding diaryl/α,β-unsaturated/α-hetero) is 1. The zero-order chi connectivity index (χ0) is 21.3. The van der Waals surface area contributed by atoms with Gasteiger partial charge in [0.2, 0.25) is 0 Å². The average molecular weight is 422 g/mol. The molecule has 2 aromatic carbocycles. The Morgan fingerprint density at radius 1 is 1.13 bits per heavy atom. The number of H-pyrrole nitrogens is 1. The van der Waals surface area contributed by atoms with Gasteiger partial charge in [-0.05, 0) is 24.6 Å². The van der Waals surface area contributed by atoms with Crippen LogP contribution in [0, 0.1) is 6.92 Å². The van der Waals surface area contributed by atoms with Crippen molar-refractivity contribution >= 4 is 29.1 Å². The van der Waals surface area contributed by atoms with Gasteiger partial charge in [0.25, 0.3) is 11.7 Å². The summed E-state index contributed by atoms with van der Waals surface area (Å²) in [5.41, 5.74) is 3.16. The lowest BCUT2D eigenvalue weighted by molar-refractivity contribution is -0.139. The van der Waals surface area contributed by atoms with Crippen molar-refractivity contribution in [2.24, 2.45) is 0 Å². The number of aromatic amines is 1. The number of aryl methyl sites for hydroxylation is 1. The average Bonchev–Trinajstić information content (AvgIpc) is 3.34. The first-order chi connectivity index (χ1) is 14.5. The molecule has 1 aliphatic rings. The van der Waals surface area contributed by atoms with Crippen molar-refractivity contribution in [3.63, 3.8) is 0 Å². The number of halogens is 1. The second-order valence-electron chi connectivity index (χ2n) is 7.24. The van der Waals surface area contributed by atoms with Gasteiger partial charge in [0, 0.05) is 35.4 Å². The molecule has 1 unspecified atom stereocenters. The van der Waals surface area contributed by atoms with Crippen LogP contribution in [-0.4, -0.2) is 38.2 Å². The van der Waals surface area contributed by atoms with Crippen LogP contribution in [0.1, 0.15) is 28.4 Å². The normalized spacial score (nSPS) is 18.2. The maximum absolute atomic E-state index is 13.0. The van der Waals surface area contributed by atoms with Gasteiger partial charge in [-0.2, -0.15) is 0 Å². The zero-order valence-corrected chi connectivity index (χ0v) is 17.1. The Kier molecular flexibility index (Phi) is 5.42. The predicted octanol–water partition coefficient (Wildman–Crippen LogP) is 4.04. The summed E-state index contributed by atoms with van der Waals surface area (Å²) >= 11 is 6.03. The summed E-state index contributed by atoms with van der Waals surface area (Å²) in [4.78, 5) is 34.3. The van der Waals surface area contributed by atoms with E-state index in [1.165, 1.54) is 4.90 Å². The Labute approximate surface area is 178 Å². The standard InChI is InChI=1S/C23H20ClN3O3/c1-14-2-4-16(5-3-14)21(28)19-20(15-6-8-17(24)9-7-15)27(23(30)22(19)29)11-10-18-12-25-13-26-18/h2-9,12-13,20,28H,10-11H2,1H3,(H,25,26)/b21-19-. The lowest BCUT2D eigenvalue weighted by atomic mass is 9.95. The molecule has 1 aliphatic heterocycles. The molecule has 2 heterocycles. The third kappa shape index (κ3) is 3.74. The Morgan fingerprint density at radius 3 is 2.47 bits per heavy atom. The van der Waals surface area contributed by atoms with E-state index in [9.17, 15) is 14.7 Å². The summed E-state index contributed by atoms with van der Waals surface area (Å²) < 4.78 is 0. The molecule has 1 fully saturated rings. The van der Waals surface area contributed by atoms with Crippen molar-refractivity contribution in [1.29, 1.82) is 0 Å². The van der Waals surface area contributed by atoms with Crippen LogP contribution in [0.5, 0.6) is 0 Å². The topological polar surface area (TPSA) is 86.3 Å². The summed E-state index contributed by atoms with van der Waals surface area (Å²) in [5.74, 6) is -1.52. The highest BCUT2D eigenvalue weighted by Gasteiger charge is 2.45. The second-order valence-corrected chi connectivity index (χ2v) is 7.67. The quantitative estimate of drug-likeness (QED) is 0.370. The van der Waals surface area contributed by atoms with E-state index in [0.29, 0.717) is 29.1 Å². The summed E-state index contributed by atoms with van der Waals surface area (Å²) in [5, 5.41) is 11.5. The molecule has 6 nitrogen and oxygen atoms in total. The number of benzene rings is 2. The molecule has 1 amide bonds. The molecule has 0 bridgehead atoms. The summed E-state index contributed by atoms with van der Waals surface area (Å²) in [6, 6.07) is 13.4. The largest absolute Gasteiger partial charge is 0.507 e. The van der Waals surface area contributed by atoms with Crippen molar-refractivity contribution in [2.45, 2.75) is 19.4 Å². The SMILES string of the molecule is Cc1ccc(/C(O)=C2/C(=O)C(=O)N(CCc3cnc[nH]3)C2c2ccc(Cl)cc2)cc1. The number of hydrogen-bond acceptors (Lipinski definition) is 4. The zero-order valence-electron chi connectivity index (χ0n) is 16.3. The maximum atomic E-state index is 13.0. The lowest BCUT2D eigenvalue weighted by Gasteiger charge is -2.25. The molecule has 7 heteroatoms. The van der Waals surface area contributed by atoms with E-state index in [-0.39, 0.29) is 11.3 Å². The summed E-state index contributed by atoms with van der Waals surface area (Å²) in [7, 11) is 0. The number of imidazole rings is 1. The van der Waals surface area contributed by atoms with E-state index in [0.717, 1.165) is 11.3 Å². The predicted molar refractivity (Wildman–Crippen MR) is 114 cm³/mol. The van der Waals surface area contributed by atoms with Gasteiger partial charge in [-0.1, -0.05) is 53.6 Å². The van der Waals surface area contributed by atoms with Crippen molar-refractivity contribution in [2.75, 3.05) is 6.54 Å². The van der Waals surface area contributed by atoms with Crippen LogP contribution >= 0.6 is 11.6 Å². The highest BCUT2D eigenvalue weighted by molar-refractivity contribution is 6.46. The highest BCUT2D eigenvalue weighted by Crippen LogP contribution is 2.39. The first-order valence-corrected chi connectivity index (χ1v) is 9.91. The molecule has 0 saturated carbocycles. The van der Waals surface area contributed by atoms with E-state index >= 15 is 0 Å². The monoisotopic (exact) mass is 421 g/mol. The molecule has 1 saturated heterocycles. The fourth-order valence-electron chi connectivity index (χ4n) is 3.63. The molecule has 4 rings (SSSR count). The molecule has 0 aliphatic carbocycles. The fraction of sp³-hybridized carbons (Fsp3) is 0.174. The van der Waals surface area contributed by atoms with Gasteiger partial charge >= 0.3 is 0 Å². The first-order valence-electron chi connectivity index (χ1n) is 9.54. The Bertz CT molecular complexity index is 1100. The van der Waals surface area contributed by atoms with Crippen LogP contribution in [0.2, 0.25) is 5.02 Å². The van der Waals surface area contributed by atoms with E-state index < -0.39 is 17.7 Å². The van der Waals surface area contributed by atoms with Crippen LogP contribution in [-0.2, 0) is 16.0 Å². The number of aromatic nitrogens is 2. The minimum atomic E-state index is -0.702. The second kappa shape index (κ2) is 8.16. The highest BCUT2D eigenvalue weighted by atomic mass is 35.5. The number of aliphatic hydroxyl groups excluding tert-OH is 1. The van der Waals surface area contributed by atoms with Gasteiger partial charge in [-0.25, -0.2) is 4.98 Å². The molecular weight excluding hydrogens is 402 g/mol. The fourth-order valence-corrected chi connectivity index (χ4v) is 3.76. The van der Waals surface area contributed by atoms with Crippen molar-refractivity contribution < 1.29 is 14.7 Å². The number of hydrogen-bond donors (Lipinski definition) is 2. The number of nitrogens with zero attached hydrogens (tertiary/aromatic N) is 2. The number of ketones is 1. The van der Waals surface area contributed by atoms with Crippen LogP contribution < -0.4 is 0 Å². The smallest absolute Gasteiger partial charge is 0.295 e. The Hall–Kier alpha value is -3.38. The lowest BCUT2D eigenvalue weighted by Crippen LogP contribution is -2.31. The summed E-state index contributed by atoms with van der Waals surface area (Å²) in [6.07, 6.45) is 3.75. The van der Waals surface area contributed by atoms with Gasteiger partial charge < -0.3 is 15.0 Å². The molecule has 0 spiro atoms. The number of carbonyl (C=O) groups excluding carboxylic acids is 2. The Balaban J connectivity index is 1.79. The van der Waals surface area contributed by atoms with Gasteiger partial charge in [0.1, 0.15) is 5.76 Å². The van der Waals surface area contributed by atoms with E-state index in [2.05, 4.69) is 9.97 Å². The van der Waals surface area contributed by atoms with Crippen LogP contribution in [0.25, 0.3) is 5.76 Å². The minimum absolute atomic E-state index is 0.0794. The summed E-state index contributed by atoms with van der Waals surface area (Å²) in [6.45, 7) is 2.23. The van der Waals surface area contributed by atoms with Gasteiger partial charge in [0.05, 0.1) is 17.9 Å². The van der Waals surface area contributed by atoms with Crippen LogP contribution in [0.15, 0.2) is 66.6 Å².